The number of aromatic nitrogens is 2. The Morgan fingerprint density at radius 1 is 1.13 bits per heavy atom. The third-order valence-corrected chi connectivity index (χ3v) is 5.93. The summed E-state index contributed by atoms with van der Waals surface area (Å²) < 4.78 is 3.03. The molecule has 3 rings (SSSR count). The average Bonchev–Trinajstić information content (AvgIpc) is 3.16. The first-order valence-electron chi connectivity index (χ1n) is 9.54. The van der Waals surface area contributed by atoms with Crippen LogP contribution in [-0.2, 0) is 16.1 Å². The minimum atomic E-state index is -0.264. The molecule has 0 bridgehead atoms. The van der Waals surface area contributed by atoms with Crippen LogP contribution in [0, 0.1) is 6.92 Å². The molecule has 2 N–H and O–H groups in total. The summed E-state index contributed by atoms with van der Waals surface area (Å²) in [5, 5.41) is 6.25. The highest BCUT2D eigenvalue weighted by molar-refractivity contribution is 9.10. The molecular weight excluding hydrogens is 464 g/mol. The van der Waals surface area contributed by atoms with Crippen LogP contribution in [0.1, 0.15) is 12.5 Å². The Morgan fingerprint density at radius 3 is 2.60 bits per heavy atom. The average molecular weight is 487 g/mol. The fourth-order valence-corrected chi connectivity index (χ4v) is 4.29. The van der Waals surface area contributed by atoms with E-state index in [-0.39, 0.29) is 24.1 Å². The molecule has 3 aromatic rings. The maximum atomic E-state index is 12.2. The number of hydrogen-bond acceptors (Lipinski definition) is 4. The van der Waals surface area contributed by atoms with Gasteiger partial charge < -0.3 is 15.2 Å². The van der Waals surface area contributed by atoms with E-state index in [1.807, 2.05) is 68.6 Å². The van der Waals surface area contributed by atoms with E-state index in [9.17, 15) is 9.59 Å². The van der Waals surface area contributed by atoms with Crippen LogP contribution in [0.3, 0.4) is 0 Å². The van der Waals surface area contributed by atoms with Gasteiger partial charge in [0.15, 0.2) is 5.16 Å². The normalized spacial score (nSPS) is 10.6. The van der Waals surface area contributed by atoms with Crippen molar-refractivity contribution in [3.05, 3.63) is 64.8 Å². The maximum Gasteiger partial charge on any atom is 0.243 e. The summed E-state index contributed by atoms with van der Waals surface area (Å²) in [6.07, 6.45) is 1.83. The highest BCUT2D eigenvalue weighted by Gasteiger charge is 2.13. The SMILES string of the molecule is CCn1c(-c2ccccc2)cnc1SCC(=O)NCC(=O)Nc1ccc(Br)cc1C. The van der Waals surface area contributed by atoms with Gasteiger partial charge >= 0.3 is 0 Å². The monoisotopic (exact) mass is 486 g/mol. The number of benzene rings is 2. The summed E-state index contributed by atoms with van der Waals surface area (Å²) in [6, 6.07) is 15.6. The lowest BCUT2D eigenvalue weighted by Crippen LogP contribution is -2.34. The molecule has 2 aromatic carbocycles. The minimum absolute atomic E-state index is 0.0770. The third kappa shape index (κ3) is 5.73. The van der Waals surface area contributed by atoms with Crippen molar-refractivity contribution >= 4 is 45.2 Å². The highest BCUT2D eigenvalue weighted by Crippen LogP contribution is 2.26. The molecule has 6 nitrogen and oxygen atoms in total. The van der Waals surface area contributed by atoms with Crippen LogP contribution >= 0.6 is 27.7 Å². The number of hydrogen-bond donors (Lipinski definition) is 2. The van der Waals surface area contributed by atoms with Gasteiger partial charge in [-0.1, -0.05) is 58.0 Å². The summed E-state index contributed by atoms with van der Waals surface area (Å²) in [5.74, 6) is -0.287. The van der Waals surface area contributed by atoms with E-state index in [0.29, 0.717) is 0 Å². The molecule has 0 aliphatic carbocycles. The lowest BCUT2D eigenvalue weighted by molar-refractivity contribution is -0.122. The molecule has 1 aromatic heterocycles. The van der Waals surface area contributed by atoms with Crippen molar-refractivity contribution in [3.8, 4) is 11.3 Å². The second kappa shape index (κ2) is 10.4. The van der Waals surface area contributed by atoms with Crippen LogP contribution in [0.4, 0.5) is 5.69 Å². The molecule has 0 atom stereocenters. The number of imidazole rings is 1. The van der Waals surface area contributed by atoms with E-state index in [4.69, 9.17) is 0 Å². The molecule has 0 saturated carbocycles. The van der Waals surface area contributed by atoms with E-state index < -0.39 is 0 Å². The molecule has 2 amide bonds. The summed E-state index contributed by atoms with van der Waals surface area (Å²) in [7, 11) is 0. The predicted octanol–water partition coefficient (Wildman–Crippen LogP) is 4.49. The van der Waals surface area contributed by atoms with Crippen molar-refractivity contribution in [2.45, 2.75) is 25.5 Å². The summed E-state index contributed by atoms with van der Waals surface area (Å²) in [5.41, 5.74) is 3.78. The molecule has 0 aliphatic heterocycles. The molecule has 0 radical (unpaired) electrons. The van der Waals surface area contributed by atoms with Gasteiger partial charge in [0.05, 0.1) is 24.2 Å². The quantitative estimate of drug-likeness (QED) is 0.460. The fourth-order valence-electron chi connectivity index (χ4n) is 2.94. The standard InChI is InChI=1S/C22H23BrN4O2S/c1-3-27-19(16-7-5-4-6-8-16)12-25-22(27)30-14-21(29)24-13-20(28)26-18-10-9-17(23)11-15(18)2/h4-12H,3,13-14H2,1-2H3,(H,24,29)(H,26,28). The van der Waals surface area contributed by atoms with Crippen LogP contribution < -0.4 is 10.6 Å². The Balaban J connectivity index is 1.51. The van der Waals surface area contributed by atoms with Crippen LogP contribution in [-0.4, -0.2) is 33.7 Å². The largest absolute Gasteiger partial charge is 0.346 e. The number of nitrogens with zero attached hydrogens (tertiary/aromatic N) is 2. The molecule has 0 saturated heterocycles. The topological polar surface area (TPSA) is 76.0 Å². The zero-order chi connectivity index (χ0) is 21.5. The van der Waals surface area contributed by atoms with E-state index in [2.05, 4.69) is 36.1 Å². The van der Waals surface area contributed by atoms with Crippen molar-refractivity contribution in [1.82, 2.24) is 14.9 Å². The van der Waals surface area contributed by atoms with Gasteiger partial charge in [0.25, 0.3) is 0 Å². The lowest BCUT2D eigenvalue weighted by Gasteiger charge is -2.10. The number of nitrogens with one attached hydrogen (secondary N) is 2. The zero-order valence-corrected chi connectivity index (χ0v) is 19.2. The Kier molecular flexibility index (Phi) is 7.70. The number of thioether (sulfide) groups is 1. The molecule has 8 heteroatoms. The Morgan fingerprint density at radius 2 is 1.90 bits per heavy atom. The molecule has 0 fully saturated rings. The van der Waals surface area contributed by atoms with Gasteiger partial charge in [-0.2, -0.15) is 0 Å². The summed E-state index contributed by atoms with van der Waals surface area (Å²) in [6.45, 7) is 4.64. The summed E-state index contributed by atoms with van der Waals surface area (Å²) >= 11 is 4.75. The first-order valence-corrected chi connectivity index (χ1v) is 11.3. The zero-order valence-electron chi connectivity index (χ0n) is 16.8. The second-order valence-corrected chi connectivity index (χ2v) is 8.47. The second-order valence-electron chi connectivity index (χ2n) is 6.61. The van der Waals surface area contributed by atoms with Crippen LogP contribution in [0.25, 0.3) is 11.3 Å². The van der Waals surface area contributed by atoms with Gasteiger partial charge in [0.1, 0.15) is 0 Å². The van der Waals surface area contributed by atoms with Crippen LogP contribution in [0.5, 0.6) is 0 Å². The van der Waals surface area contributed by atoms with Gasteiger partial charge in [-0.05, 0) is 43.2 Å². The Hall–Kier alpha value is -2.58. The van der Waals surface area contributed by atoms with Gasteiger partial charge in [0, 0.05) is 16.7 Å². The molecule has 0 spiro atoms. The first-order chi connectivity index (χ1) is 14.5. The highest BCUT2D eigenvalue weighted by atomic mass is 79.9. The van der Waals surface area contributed by atoms with Crippen molar-refractivity contribution in [1.29, 1.82) is 0 Å². The smallest absolute Gasteiger partial charge is 0.243 e. The van der Waals surface area contributed by atoms with Crippen molar-refractivity contribution < 1.29 is 9.59 Å². The third-order valence-electron chi connectivity index (χ3n) is 4.45. The van der Waals surface area contributed by atoms with Gasteiger partial charge in [-0.25, -0.2) is 4.98 Å². The molecule has 0 aliphatic rings. The number of aryl methyl sites for hydroxylation is 1. The fraction of sp³-hybridized carbons (Fsp3) is 0.227. The molecule has 1 heterocycles. The maximum absolute atomic E-state index is 12.2. The van der Waals surface area contributed by atoms with Crippen molar-refractivity contribution in [2.75, 3.05) is 17.6 Å². The van der Waals surface area contributed by atoms with Gasteiger partial charge in [-0.15, -0.1) is 0 Å². The van der Waals surface area contributed by atoms with Gasteiger partial charge in [0.2, 0.25) is 11.8 Å². The first kappa shape index (κ1) is 22.1. The number of rotatable bonds is 8. The number of halogens is 1. The lowest BCUT2D eigenvalue weighted by atomic mass is 10.2. The Bertz CT molecular complexity index is 1040. The Labute approximate surface area is 188 Å². The van der Waals surface area contributed by atoms with E-state index in [0.717, 1.165) is 38.7 Å². The number of amides is 2. The molecule has 30 heavy (non-hydrogen) atoms. The number of carbonyl (C=O) groups is 2. The van der Waals surface area contributed by atoms with Crippen molar-refractivity contribution in [2.24, 2.45) is 0 Å². The van der Waals surface area contributed by atoms with Crippen molar-refractivity contribution in [3.63, 3.8) is 0 Å². The van der Waals surface area contributed by atoms with Crippen LogP contribution in [0.2, 0.25) is 0 Å². The molecule has 0 unspecified atom stereocenters. The number of anilines is 1. The number of carbonyl (C=O) groups excluding carboxylic acids is 2. The van der Waals surface area contributed by atoms with E-state index in [1.54, 1.807) is 0 Å². The van der Waals surface area contributed by atoms with E-state index >= 15 is 0 Å². The predicted molar refractivity (Wildman–Crippen MR) is 125 cm³/mol. The van der Waals surface area contributed by atoms with Crippen LogP contribution in [0.15, 0.2) is 64.4 Å². The molecule has 156 valence electrons. The minimum Gasteiger partial charge on any atom is -0.346 e. The van der Waals surface area contributed by atoms with E-state index in [1.165, 1.54) is 11.8 Å². The van der Waals surface area contributed by atoms with Gasteiger partial charge in [-0.3, -0.25) is 9.59 Å². The summed E-state index contributed by atoms with van der Waals surface area (Å²) in [4.78, 5) is 28.8. The molecular formula is C22H23BrN4O2S.